The van der Waals surface area contributed by atoms with Crippen molar-refractivity contribution in [2.75, 3.05) is 0 Å². The van der Waals surface area contributed by atoms with Crippen LogP contribution < -0.4 is 0 Å². The molecule has 0 saturated heterocycles. The molecule has 322 valence electrons. The highest BCUT2D eigenvalue weighted by Crippen LogP contribution is 2.51. The van der Waals surface area contributed by atoms with E-state index in [-0.39, 0.29) is 10.8 Å². The summed E-state index contributed by atoms with van der Waals surface area (Å²) in [6.45, 7) is 9.46. The van der Waals surface area contributed by atoms with Crippen LogP contribution in [0.2, 0.25) is 0 Å². The largest absolute Gasteiger partial charge is 0.309 e. The fourth-order valence-corrected chi connectivity index (χ4v) is 11.7. The Balaban J connectivity index is 1.01. The van der Waals surface area contributed by atoms with Crippen LogP contribution in [-0.4, -0.2) is 24.1 Å². The Morgan fingerprint density at radius 3 is 1.07 bits per heavy atom. The molecule has 12 aromatic rings. The summed E-state index contributed by atoms with van der Waals surface area (Å²) in [5.74, 6) is 1.91. The molecule has 5 nitrogen and oxygen atoms in total. The van der Waals surface area contributed by atoms with E-state index in [4.69, 9.17) is 15.0 Å². The van der Waals surface area contributed by atoms with Crippen LogP contribution in [0.15, 0.2) is 200 Å². The van der Waals surface area contributed by atoms with Gasteiger partial charge in [-0.1, -0.05) is 155 Å². The zero-order valence-corrected chi connectivity index (χ0v) is 38.3. The Labute approximate surface area is 394 Å². The molecule has 0 radical (unpaired) electrons. The second kappa shape index (κ2) is 14.1. The van der Waals surface area contributed by atoms with Gasteiger partial charge in [-0.15, -0.1) is 0 Å². The zero-order valence-electron chi connectivity index (χ0n) is 38.3. The molecular weight excluding hydrogens is 827 g/mol. The first-order valence-electron chi connectivity index (χ1n) is 23.6. The van der Waals surface area contributed by atoms with Gasteiger partial charge < -0.3 is 9.13 Å². The second-order valence-electron chi connectivity index (χ2n) is 19.7. The topological polar surface area (TPSA) is 48.5 Å². The van der Waals surface area contributed by atoms with Crippen molar-refractivity contribution in [3.05, 3.63) is 222 Å². The summed E-state index contributed by atoms with van der Waals surface area (Å²) in [5.41, 5.74) is 19.8. The first kappa shape index (κ1) is 38.8. The predicted octanol–water partition coefficient (Wildman–Crippen LogP) is 15.7. The fourth-order valence-electron chi connectivity index (χ4n) is 11.7. The van der Waals surface area contributed by atoms with Crippen LogP contribution in [0.1, 0.15) is 49.9 Å². The number of benzene rings is 9. The smallest absolute Gasteiger partial charge is 0.164 e. The molecule has 0 spiro atoms. The number of hydrogen-bond acceptors (Lipinski definition) is 3. The lowest BCUT2D eigenvalue weighted by atomic mass is 9.74. The van der Waals surface area contributed by atoms with E-state index in [0.29, 0.717) is 17.5 Å². The number of aromatic nitrogens is 5. The molecule has 5 heteroatoms. The highest BCUT2D eigenvalue weighted by Gasteiger charge is 2.37. The average molecular weight is 872 g/mol. The van der Waals surface area contributed by atoms with E-state index in [1.165, 1.54) is 88.5 Å². The molecule has 0 N–H and O–H groups in total. The normalized spacial score (nSPS) is 14.1. The summed E-state index contributed by atoms with van der Waals surface area (Å²) < 4.78 is 4.95. The molecule has 0 amide bonds. The first-order chi connectivity index (χ1) is 33.2. The van der Waals surface area contributed by atoms with Crippen molar-refractivity contribution >= 4 is 43.6 Å². The van der Waals surface area contributed by atoms with E-state index in [9.17, 15) is 0 Å². The molecule has 0 unspecified atom stereocenters. The molecule has 5 heterocycles. The summed E-state index contributed by atoms with van der Waals surface area (Å²) in [6.07, 6.45) is 0. The van der Waals surface area contributed by atoms with Crippen LogP contribution in [-0.2, 0) is 10.8 Å². The van der Waals surface area contributed by atoms with Crippen LogP contribution in [0.4, 0.5) is 0 Å². The molecular formula is C63H45N5. The van der Waals surface area contributed by atoms with Crippen molar-refractivity contribution < 1.29 is 0 Å². The summed E-state index contributed by atoms with van der Waals surface area (Å²) in [7, 11) is 0. The van der Waals surface area contributed by atoms with Crippen molar-refractivity contribution in [1.29, 1.82) is 0 Å². The third-order valence-corrected chi connectivity index (χ3v) is 15.1. The molecule has 14 rings (SSSR count). The Morgan fingerprint density at radius 1 is 0.294 bits per heavy atom. The standard InChI is InChI=1S/C63H45N5/c1-62(2)49-24-14-16-26-55(49)67-53-30-28-41(32-45(53)47-34-43(36-51(62)57(47)67)38-18-8-5-9-19-38)60-64-59(40-22-12-7-13-23-40)65-61(66-60)42-29-31-54-46(33-42)48-35-44(39-20-10-6-11-21-39)37-52-58(48)68(54)56-27-17-15-25-50(56)63(52,3)4/h5-37H,1-4H3. The predicted molar refractivity (Wildman–Crippen MR) is 280 cm³/mol. The average Bonchev–Trinajstić information content (AvgIpc) is 3.90. The van der Waals surface area contributed by atoms with Gasteiger partial charge in [0, 0.05) is 49.1 Å². The molecule has 2 aliphatic rings. The van der Waals surface area contributed by atoms with Crippen molar-refractivity contribution in [2.45, 2.75) is 38.5 Å². The Bertz CT molecular complexity index is 3820. The minimum absolute atomic E-state index is 0.212. The fraction of sp³-hybridized carbons (Fsp3) is 0.0952. The number of para-hydroxylation sites is 2. The molecule has 3 aromatic heterocycles. The Hall–Kier alpha value is -8.41. The summed E-state index contributed by atoms with van der Waals surface area (Å²) in [4.78, 5) is 15.9. The van der Waals surface area contributed by atoms with Crippen LogP contribution >= 0.6 is 0 Å². The number of rotatable bonds is 5. The van der Waals surface area contributed by atoms with Gasteiger partial charge in [0.15, 0.2) is 17.5 Å². The minimum atomic E-state index is -0.212. The molecule has 0 aliphatic carbocycles. The maximum absolute atomic E-state index is 5.40. The van der Waals surface area contributed by atoms with E-state index in [0.717, 1.165) is 27.7 Å². The van der Waals surface area contributed by atoms with Crippen molar-refractivity contribution in [2.24, 2.45) is 0 Å². The quantitative estimate of drug-likeness (QED) is 0.173. The summed E-state index contributed by atoms with van der Waals surface area (Å²) >= 11 is 0. The van der Waals surface area contributed by atoms with Crippen LogP contribution in [0.25, 0.3) is 111 Å². The molecule has 0 fully saturated rings. The van der Waals surface area contributed by atoms with Crippen molar-refractivity contribution in [1.82, 2.24) is 24.1 Å². The van der Waals surface area contributed by atoms with Crippen LogP contribution in [0, 0.1) is 0 Å². The number of nitrogens with zero attached hydrogens (tertiary/aromatic N) is 5. The highest BCUT2D eigenvalue weighted by atomic mass is 15.0. The van der Waals surface area contributed by atoms with E-state index in [1.807, 2.05) is 18.2 Å². The lowest BCUT2D eigenvalue weighted by molar-refractivity contribution is 0.630. The van der Waals surface area contributed by atoms with Gasteiger partial charge in [-0.2, -0.15) is 0 Å². The maximum Gasteiger partial charge on any atom is 0.164 e. The third kappa shape index (κ3) is 5.47. The zero-order chi connectivity index (χ0) is 45.5. The SMILES string of the molecule is CC1(C)c2ccccc2-n2c3ccc(-c4nc(-c5ccccc5)nc(-c5ccc6c(c5)c5cc(-c7ccccc7)cc7c5n6-c5ccccc5C7(C)C)n4)cc3c3cc(-c4ccccc4)cc1c32. The van der Waals surface area contributed by atoms with Gasteiger partial charge in [0.1, 0.15) is 0 Å². The number of fused-ring (bicyclic) bond motifs is 10. The monoisotopic (exact) mass is 871 g/mol. The van der Waals surface area contributed by atoms with Gasteiger partial charge in [0.25, 0.3) is 0 Å². The highest BCUT2D eigenvalue weighted by molar-refractivity contribution is 6.15. The van der Waals surface area contributed by atoms with Gasteiger partial charge in [-0.25, -0.2) is 15.0 Å². The molecule has 9 aromatic carbocycles. The Kier molecular flexibility index (Phi) is 8.02. The van der Waals surface area contributed by atoms with Crippen molar-refractivity contribution in [3.63, 3.8) is 0 Å². The lowest BCUT2D eigenvalue weighted by Gasteiger charge is -2.35. The Morgan fingerprint density at radius 2 is 0.647 bits per heavy atom. The van der Waals surface area contributed by atoms with Crippen LogP contribution in [0.3, 0.4) is 0 Å². The van der Waals surface area contributed by atoms with Gasteiger partial charge in [0.2, 0.25) is 0 Å². The van der Waals surface area contributed by atoms with E-state index >= 15 is 0 Å². The van der Waals surface area contributed by atoms with Gasteiger partial charge in [-0.05, 0) is 117 Å². The molecule has 68 heavy (non-hydrogen) atoms. The van der Waals surface area contributed by atoms with Gasteiger partial charge >= 0.3 is 0 Å². The summed E-state index contributed by atoms with van der Waals surface area (Å²) in [5, 5.41) is 4.77. The molecule has 0 bridgehead atoms. The number of hydrogen-bond donors (Lipinski definition) is 0. The summed E-state index contributed by atoms with van der Waals surface area (Å²) in [6, 6.07) is 72.7. The van der Waals surface area contributed by atoms with E-state index in [1.54, 1.807) is 0 Å². The van der Waals surface area contributed by atoms with Crippen molar-refractivity contribution in [3.8, 4) is 67.8 Å². The molecule has 0 atom stereocenters. The molecule has 2 aliphatic heterocycles. The van der Waals surface area contributed by atoms with Crippen LogP contribution in [0.5, 0.6) is 0 Å². The van der Waals surface area contributed by atoms with Gasteiger partial charge in [0.05, 0.1) is 33.4 Å². The first-order valence-corrected chi connectivity index (χ1v) is 23.6. The minimum Gasteiger partial charge on any atom is -0.309 e. The third-order valence-electron chi connectivity index (χ3n) is 15.1. The second-order valence-corrected chi connectivity index (χ2v) is 19.7. The molecule has 0 saturated carbocycles. The lowest BCUT2D eigenvalue weighted by Crippen LogP contribution is -2.26. The van der Waals surface area contributed by atoms with Gasteiger partial charge in [-0.3, -0.25) is 0 Å². The van der Waals surface area contributed by atoms with E-state index in [2.05, 4.69) is 219 Å². The van der Waals surface area contributed by atoms with E-state index < -0.39 is 0 Å². The maximum atomic E-state index is 5.40.